The maximum Gasteiger partial charge on any atom is 0.257 e. The van der Waals surface area contributed by atoms with Crippen LogP contribution in [0.15, 0.2) is 66.9 Å². The number of aromatic nitrogens is 2. The van der Waals surface area contributed by atoms with E-state index in [0.29, 0.717) is 36.2 Å². The van der Waals surface area contributed by atoms with E-state index < -0.39 is 0 Å². The molecule has 0 aliphatic carbocycles. The summed E-state index contributed by atoms with van der Waals surface area (Å²) in [6.07, 6.45) is 4.50. The van der Waals surface area contributed by atoms with E-state index >= 15 is 0 Å². The molecule has 0 saturated carbocycles. The molecule has 6 heteroatoms. The first-order valence-corrected chi connectivity index (χ1v) is 12.7. The van der Waals surface area contributed by atoms with Crippen molar-refractivity contribution in [3.05, 3.63) is 72.4 Å². The van der Waals surface area contributed by atoms with Crippen LogP contribution in [-0.4, -0.2) is 46.1 Å². The van der Waals surface area contributed by atoms with Crippen molar-refractivity contribution in [3.63, 3.8) is 0 Å². The van der Waals surface area contributed by atoms with E-state index in [2.05, 4.69) is 19.2 Å². The van der Waals surface area contributed by atoms with Crippen molar-refractivity contribution in [2.75, 3.05) is 19.6 Å². The van der Waals surface area contributed by atoms with Gasteiger partial charge < -0.3 is 10.2 Å². The summed E-state index contributed by atoms with van der Waals surface area (Å²) < 4.78 is 1.78. The Morgan fingerprint density at radius 1 is 0.971 bits per heavy atom. The summed E-state index contributed by atoms with van der Waals surface area (Å²) in [7, 11) is 0. The predicted molar refractivity (Wildman–Crippen MR) is 139 cm³/mol. The zero-order chi connectivity index (χ0) is 24.8. The van der Waals surface area contributed by atoms with Crippen molar-refractivity contribution in [2.45, 2.75) is 40.0 Å². The van der Waals surface area contributed by atoms with Gasteiger partial charge in [-0.25, -0.2) is 4.68 Å². The highest BCUT2D eigenvalue weighted by Gasteiger charge is 2.31. The van der Waals surface area contributed by atoms with Crippen molar-refractivity contribution < 1.29 is 9.59 Å². The third-order valence-corrected chi connectivity index (χ3v) is 6.98. The lowest BCUT2D eigenvalue weighted by molar-refractivity contribution is -0.126. The number of para-hydroxylation sites is 1. The van der Waals surface area contributed by atoms with Gasteiger partial charge in [0.15, 0.2) is 0 Å². The number of benzene rings is 2. The molecular weight excluding hydrogens is 436 g/mol. The maximum atomic E-state index is 13.6. The van der Waals surface area contributed by atoms with Gasteiger partial charge in [0.1, 0.15) is 5.69 Å². The van der Waals surface area contributed by atoms with Gasteiger partial charge in [0.2, 0.25) is 5.91 Å². The van der Waals surface area contributed by atoms with Crippen LogP contribution in [0.5, 0.6) is 0 Å². The maximum absolute atomic E-state index is 13.6. The lowest BCUT2D eigenvalue weighted by Gasteiger charge is -2.34. The second-order valence-corrected chi connectivity index (χ2v) is 9.93. The summed E-state index contributed by atoms with van der Waals surface area (Å²) in [5.41, 5.74) is 3.14. The Balaban J connectivity index is 1.46. The number of likely N-dealkylation sites (tertiary alicyclic amines) is 1. The van der Waals surface area contributed by atoms with Crippen LogP contribution < -0.4 is 5.32 Å². The second kappa shape index (κ2) is 11.3. The third kappa shape index (κ3) is 5.99. The van der Waals surface area contributed by atoms with Crippen LogP contribution in [0.2, 0.25) is 0 Å². The molecule has 1 aromatic heterocycles. The van der Waals surface area contributed by atoms with Crippen molar-refractivity contribution in [1.82, 2.24) is 20.0 Å². The monoisotopic (exact) mass is 472 g/mol. The summed E-state index contributed by atoms with van der Waals surface area (Å²) in [5.74, 6) is 0.954. The topological polar surface area (TPSA) is 67.2 Å². The summed E-state index contributed by atoms with van der Waals surface area (Å²) >= 11 is 0. The summed E-state index contributed by atoms with van der Waals surface area (Å²) in [5, 5.41) is 7.87. The van der Waals surface area contributed by atoms with Gasteiger partial charge in [0.05, 0.1) is 11.3 Å². The lowest BCUT2D eigenvalue weighted by atomic mass is 9.84. The first-order valence-electron chi connectivity index (χ1n) is 12.7. The Morgan fingerprint density at radius 3 is 2.23 bits per heavy atom. The van der Waals surface area contributed by atoms with Crippen LogP contribution in [0.4, 0.5) is 0 Å². The molecular formula is C29H36N4O2. The van der Waals surface area contributed by atoms with Crippen LogP contribution in [0.3, 0.4) is 0 Å². The van der Waals surface area contributed by atoms with Gasteiger partial charge in [0, 0.05) is 37.3 Å². The molecule has 6 nitrogen and oxygen atoms in total. The van der Waals surface area contributed by atoms with Crippen molar-refractivity contribution in [3.8, 4) is 16.9 Å². The molecule has 2 amide bonds. The predicted octanol–water partition coefficient (Wildman–Crippen LogP) is 5.19. The standard InChI is InChI=1S/C29H36N4O2/c1-21(2)14-17-30-28(34)22(3)23-15-18-32(19-16-23)29(35)26-20-33(25-12-8-5-9-13-25)31-27(26)24-10-6-4-7-11-24/h4-13,20-23H,14-19H2,1-3H3,(H,30,34). The first-order chi connectivity index (χ1) is 16.9. The van der Waals surface area contributed by atoms with E-state index in [4.69, 9.17) is 5.10 Å². The molecule has 1 aliphatic rings. The van der Waals surface area contributed by atoms with Gasteiger partial charge in [-0.2, -0.15) is 5.10 Å². The molecule has 0 radical (unpaired) electrons. The van der Waals surface area contributed by atoms with Crippen molar-refractivity contribution >= 4 is 11.8 Å². The van der Waals surface area contributed by atoms with E-state index in [1.165, 1.54) is 0 Å². The number of carbonyl (C=O) groups is 2. The van der Waals surface area contributed by atoms with E-state index in [1.54, 1.807) is 4.68 Å². The second-order valence-electron chi connectivity index (χ2n) is 9.93. The number of nitrogens with one attached hydrogen (secondary N) is 1. The molecule has 1 atom stereocenters. The van der Waals surface area contributed by atoms with Crippen LogP contribution in [0, 0.1) is 17.8 Å². The Kier molecular flexibility index (Phi) is 8.01. The van der Waals surface area contributed by atoms with Crippen LogP contribution in [0.1, 0.15) is 50.4 Å². The number of piperidine rings is 1. The zero-order valence-electron chi connectivity index (χ0n) is 21.0. The fourth-order valence-electron chi connectivity index (χ4n) is 4.68. The van der Waals surface area contributed by atoms with E-state index in [0.717, 1.165) is 37.1 Å². The molecule has 1 aliphatic heterocycles. The molecule has 2 heterocycles. The molecule has 1 unspecified atom stereocenters. The molecule has 0 spiro atoms. The van der Waals surface area contributed by atoms with Gasteiger partial charge in [-0.1, -0.05) is 69.3 Å². The molecule has 35 heavy (non-hydrogen) atoms. The Morgan fingerprint density at radius 2 is 1.60 bits per heavy atom. The number of nitrogens with zero attached hydrogens (tertiary/aromatic N) is 3. The summed E-state index contributed by atoms with van der Waals surface area (Å²) in [6.45, 7) is 8.37. The van der Waals surface area contributed by atoms with Crippen molar-refractivity contribution in [2.24, 2.45) is 17.8 Å². The average molecular weight is 473 g/mol. The van der Waals surface area contributed by atoms with Crippen LogP contribution in [-0.2, 0) is 4.79 Å². The third-order valence-electron chi connectivity index (χ3n) is 6.98. The van der Waals surface area contributed by atoms with E-state index in [-0.39, 0.29) is 17.7 Å². The number of rotatable bonds is 8. The minimum atomic E-state index is -0.0416. The lowest BCUT2D eigenvalue weighted by Crippen LogP contribution is -2.43. The van der Waals surface area contributed by atoms with Gasteiger partial charge in [-0.3, -0.25) is 9.59 Å². The first kappa shape index (κ1) is 24.7. The summed E-state index contributed by atoms with van der Waals surface area (Å²) in [4.78, 5) is 28.2. The molecule has 184 valence electrons. The minimum Gasteiger partial charge on any atom is -0.356 e. The molecule has 1 N–H and O–H groups in total. The highest BCUT2D eigenvalue weighted by atomic mass is 16.2. The van der Waals surface area contributed by atoms with E-state index in [9.17, 15) is 9.59 Å². The Hall–Kier alpha value is -3.41. The molecule has 2 aromatic carbocycles. The van der Waals surface area contributed by atoms with Gasteiger partial charge in [0.25, 0.3) is 5.91 Å². The van der Waals surface area contributed by atoms with Crippen LogP contribution >= 0.6 is 0 Å². The molecule has 1 fully saturated rings. The molecule has 4 rings (SSSR count). The highest BCUT2D eigenvalue weighted by Crippen LogP contribution is 2.29. The zero-order valence-corrected chi connectivity index (χ0v) is 21.0. The number of amides is 2. The van der Waals surface area contributed by atoms with Gasteiger partial charge in [-0.05, 0) is 43.2 Å². The quantitative estimate of drug-likeness (QED) is 0.491. The normalized spacial score (nSPS) is 15.3. The summed E-state index contributed by atoms with van der Waals surface area (Å²) in [6, 6.07) is 19.7. The van der Waals surface area contributed by atoms with Gasteiger partial charge >= 0.3 is 0 Å². The highest BCUT2D eigenvalue weighted by molar-refractivity contribution is 6.00. The van der Waals surface area contributed by atoms with Crippen LogP contribution in [0.25, 0.3) is 16.9 Å². The fourth-order valence-corrected chi connectivity index (χ4v) is 4.68. The average Bonchev–Trinajstić information content (AvgIpc) is 3.34. The minimum absolute atomic E-state index is 0.00137. The van der Waals surface area contributed by atoms with Gasteiger partial charge in [-0.15, -0.1) is 0 Å². The molecule has 3 aromatic rings. The Bertz CT molecular complexity index is 1120. The molecule has 0 bridgehead atoms. The largest absolute Gasteiger partial charge is 0.356 e. The number of carbonyl (C=O) groups excluding carboxylic acids is 2. The number of hydrogen-bond donors (Lipinski definition) is 1. The van der Waals surface area contributed by atoms with E-state index in [1.807, 2.05) is 78.7 Å². The molecule has 1 saturated heterocycles. The SMILES string of the molecule is CC(C)CCNC(=O)C(C)C1CCN(C(=O)c2cn(-c3ccccc3)nc2-c2ccccc2)CC1. The fraction of sp³-hybridized carbons (Fsp3) is 0.414. The van der Waals surface area contributed by atoms with Crippen molar-refractivity contribution in [1.29, 1.82) is 0 Å². The Labute approximate surface area is 208 Å². The number of hydrogen-bond acceptors (Lipinski definition) is 3. The smallest absolute Gasteiger partial charge is 0.257 e.